The van der Waals surface area contributed by atoms with E-state index in [-0.39, 0.29) is 0 Å². The van der Waals surface area contributed by atoms with Crippen molar-refractivity contribution in [2.24, 2.45) is 0 Å². The maximum Gasteiger partial charge on any atom is 0.0377 e. The zero-order chi connectivity index (χ0) is 14.5. The first-order valence-corrected chi connectivity index (χ1v) is 7.94. The van der Waals surface area contributed by atoms with E-state index in [1.807, 2.05) is 0 Å². The first-order valence-electron chi connectivity index (χ1n) is 7.94. The highest BCUT2D eigenvalue weighted by Gasteiger charge is 2.22. The molecule has 1 aromatic carbocycles. The molecule has 21 heavy (non-hydrogen) atoms. The van der Waals surface area contributed by atoms with Crippen molar-refractivity contribution >= 4 is 0 Å². The molecule has 0 bridgehead atoms. The monoisotopic (exact) mass is 283 g/mol. The fourth-order valence-corrected chi connectivity index (χ4v) is 3.07. The summed E-state index contributed by atoms with van der Waals surface area (Å²) in [5.41, 5.74) is 2.81. The average Bonchev–Trinajstić information content (AvgIpc) is 3.03. The molecule has 3 heteroatoms. The molecule has 0 amide bonds. The van der Waals surface area contributed by atoms with E-state index in [0.717, 1.165) is 26.1 Å². The lowest BCUT2D eigenvalue weighted by Crippen LogP contribution is -2.31. The van der Waals surface area contributed by atoms with Gasteiger partial charge in [-0.15, -0.1) is 0 Å². The van der Waals surface area contributed by atoms with Crippen LogP contribution in [0.5, 0.6) is 0 Å². The SMILES string of the molecule is CN[C@H]1CCN(C2=CCN(CCc3ccccc3)C=C2)C1. The second-order valence-corrected chi connectivity index (χ2v) is 5.90. The number of benzene rings is 1. The largest absolute Gasteiger partial charge is 0.373 e. The number of hydrogen-bond acceptors (Lipinski definition) is 3. The number of hydrogen-bond donors (Lipinski definition) is 1. The zero-order valence-electron chi connectivity index (χ0n) is 12.8. The van der Waals surface area contributed by atoms with Crippen molar-refractivity contribution < 1.29 is 0 Å². The lowest BCUT2D eigenvalue weighted by molar-refractivity contribution is 0.382. The highest BCUT2D eigenvalue weighted by molar-refractivity contribution is 5.23. The molecule has 3 nitrogen and oxygen atoms in total. The Morgan fingerprint density at radius 2 is 2.10 bits per heavy atom. The lowest BCUT2D eigenvalue weighted by Gasteiger charge is -2.27. The first kappa shape index (κ1) is 14.2. The Morgan fingerprint density at radius 1 is 1.24 bits per heavy atom. The predicted octanol–water partition coefficient (Wildman–Crippen LogP) is 2.24. The van der Waals surface area contributed by atoms with Gasteiger partial charge in [0, 0.05) is 44.1 Å². The van der Waals surface area contributed by atoms with Crippen LogP contribution in [0.4, 0.5) is 0 Å². The Bertz CT molecular complexity index is 506. The van der Waals surface area contributed by atoms with Crippen LogP contribution in [0.2, 0.25) is 0 Å². The number of rotatable bonds is 5. The number of likely N-dealkylation sites (tertiary alicyclic amines) is 1. The van der Waals surface area contributed by atoms with Gasteiger partial charge in [0.1, 0.15) is 0 Å². The Labute approximate surface area is 127 Å². The smallest absolute Gasteiger partial charge is 0.0377 e. The molecule has 1 saturated heterocycles. The van der Waals surface area contributed by atoms with Crippen LogP contribution in [0.15, 0.2) is 54.4 Å². The molecule has 1 aromatic rings. The molecule has 0 aromatic heterocycles. The third-order valence-corrected chi connectivity index (χ3v) is 4.48. The molecule has 1 fully saturated rings. The topological polar surface area (TPSA) is 18.5 Å². The Hall–Kier alpha value is -1.74. The summed E-state index contributed by atoms with van der Waals surface area (Å²) in [6, 6.07) is 11.4. The van der Waals surface area contributed by atoms with Crippen molar-refractivity contribution in [1.29, 1.82) is 0 Å². The van der Waals surface area contributed by atoms with Crippen LogP contribution in [-0.4, -0.2) is 49.1 Å². The second kappa shape index (κ2) is 6.81. The molecule has 0 radical (unpaired) electrons. The summed E-state index contributed by atoms with van der Waals surface area (Å²) < 4.78 is 0. The van der Waals surface area contributed by atoms with Gasteiger partial charge >= 0.3 is 0 Å². The summed E-state index contributed by atoms with van der Waals surface area (Å²) in [6.45, 7) is 4.42. The summed E-state index contributed by atoms with van der Waals surface area (Å²) >= 11 is 0. The molecule has 0 unspecified atom stereocenters. The van der Waals surface area contributed by atoms with Crippen molar-refractivity contribution in [2.45, 2.75) is 18.9 Å². The normalized spacial score (nSPS) is 21.8. The van der Waals surface area contributed by atoms with Crippen LogP contribution in [0, 0.1) is 0 Å². The van der Waals surface area contributed by atoms with Crippen molar-refractivity contribution in [3.8, 4) is 0 Å². The molecule has 3 rings (SSSR count). The third kappa shape index (κ3) is 3.67. The molecule has 2 aliphatic heterocycles. The minimum absolute atomic E-state index is 0.649. The number of nitrogens with zero attached hydrogens (tertiary/aromatic N) is 2. The summed E-state index contributed by atoms with van der Waals surface area (Å²) in [6.07, 6.45) is 9.25. The Kier molecular flexibility index (Phi) is 4.61. The molecule has 0 spiro atoms. The van der Waals surface area contributed by atoms with Crippen LogP contribution in [0.25, 0.3) is 0 Å². The van der Waals surface area contributed by atoms with Crippen molar-refractivity contribution in [1.82, 2.24) is 15.1 Å². The quantitative estimate of drug-likeness (QED) is 0.894. The molecule has 1 atom stereocenters. The van der Waals surface area contributed by atoms with Crippen molar-refractivity contribution in [3.63, 3.8) is 0 Å². The number of allylic oxidation sites excluding steroid dienone is 1. The van der Waals surface area contributed by atoms with Gasteiger partial charge in [-0.3, -0.25) is 0 Å². The van der Waals surface area contributed by atoms with Crippen LogP contribution >= 0.6 is 0 Å². The van der Waals surface area contributed by atoms with Crippen LogP contribution in [0.1, 0.15) is 12.0 Å². The summed E-state index contributed by atoms with van der Waals surface area (Å²) in [7, 11) is 2.06. The van der Waals surface area contributed by atoms with Gasteiger partial charge in [-0.2, -0.15) is 0 Å². The molecule has 2 heterocycles. The fraction of sp³-hybridized carbons (Fsp3) is 0.444. The molecule has 2 aliphatic rings. The highest BCUT2D eigenvalue weighted by Crippen LogP contribution is 2.19. The van der Waals surface area contributed by atoms with Gasteiger partial charge in [-0.05, 0) is 37.6 Å². The highest BCUT2D eigenvalue weighted by atomic mass is 15.2. The molecule has 0 saturated carbocycles. The van der Waals surface area contributed by atoms with E-state index in [9.17, 15) is 0 Å². The summed E-state index contributed by atoms with van der Waals surface area (Å²) in [4.78, 5) is 4.88. The van der Waals surface area contributed by atoms with Crippen LogP contribution in [0.3, 0.4) is 0 Å². The fourth-order valence-electron chi connectivity index (χ4n) is 3.07. The maximum absolute atomic E-state index is 3.38. The summed E-state index contributed by atoms with van der Waals surface area (Å²) in [5.74, 6) is 0. The van der Waals surface area contributed by atoms with E-state index in [0.29, 0.717) is 6.04 Å². The lowest BCUT2D eigenvalue weighted by atomic mass is 10.1. The Morgan fingerprint density at radius 3 is 2.76 bits per heavy atom. The van der Waals surface area contributed by atoms with E-state index in [2.05, 4.69) is 70.8 Å². The third-order valence-electron chi connectivity index (χ3n) is 4.48. The van der Waals surface area contributed by atoms with E-state index < -0.39 is 0 Å². The van der Waals surface area contributed by atoms with Gasteiger partial charge < -0.3 is 15.1 Å². The maximum atomic E-state index is 3.38. The van der Waals surface area contributed by atoms with E-state index >= 15 is 0 Å². The molecular weight excluding hydrogens is 258 g/mol. The standard InChI is InChI=1S/C18H25N3/c1-19-17-8-14-21(15-17)18-9-12-20(13-10-18)11-7-16-5-3-2-4-6-16/h2-6,9-10,12,17,19H,7-8,11,13-15H2,1H3/t17-/m0/s1. The van der Waals surface area contributed by atoms with Crippen molar-refractivity contribution in [2.75, 3.05) is 33.2 Å². The average molecular weight is 283 g/mol. The second-order valence-electron chi connectivity index (χ2n) is 5.90. The number of likely N-dealkylation sites (N-methyl/N-ethyl adjacent to an activating group) is 1. The predicted molar refractivity (Wildman–Crippen MR) is 88.0 cm³/mol. The van der Waals surface area contributed by atoms with Gasteiger partial charge in [0.05, 0.1) is 0 Å². The molecule has 112 valence electrons. The van der Waals surface area contributed by atoms with Gasteiger partial charge in [0.15, 0.2) is 0 Å². The summed E-state index contributed by atoms with van der Waals surface area (Å²) in [5, 5.41) is 3.38. The van der Waals surface area contributed by atoms with Crippen LogP contribution < -0.4 is 5.32 Å². The molecule has 0 aliphatic carbocycles. The first-order chi connectivity index (χ1) is 10.3. The minimum atomic E-state index is 0.649. The van der Waals surface area contributed by atoms with Gasteiger partial charge in [0.25, 0.3) is 0 Å². The minimum Gasteiger partial charge on any atom is -0.373 e. The number of nitrogens with one attached hydrogen (secondary N) is 1. The van der Waals surface area contributed by atoms with Gasteiger partial charge in [0.2, 0.25) is 0 Å². The van der Waals surface area contributed by atoms with Crippen LogP contribution in [-0.2, 0) is 6.42 Å². The van der Waals surface area contributed by atoms with Gasteiger partial charge in [-0.1, -0.05) is 30.3 Å². The van der Waals surface area contributed by atoms with E-state index in [1.54, 1.807) is 0 Å². The molecule has 1 N–H and O–H groups in total. The zero-order valence-corrected chi connectivity index (χ0v) is 12.8. The molecular formula is C18H25N3. The van der Waals surface area contributed by atoms with Gasteiger partial charge in [-0.25, -0.2) is 0 Å². The Balaban J connectivity index is 1.47. The van der Waals surface area contributed by atoms with E-state index in [1.165, 1.54) is 24.2 Å². The van der Waals surface area contributed by atoms with Crippen molar-refractivity contribution in [3.05, 3.63) is 59.9 Å². The van der Waals surface area contributed by atoms with E-state index in [4.69, 9.17) is 0 Å².